The van der Waals surface area contributed by atoms with Crippen LogP contribution in [0.15, 0.2) is 0 Å². The second-order valence-corrected chi connectivity index (χ2v) is 5.08. The lowest BCUT2D eigenvalue weighted by atomic mass is 10.1. The van der Waals surface area contributed by atoms with E-state index in [1.165, 1.54) is 58.0 Å². The summed E-state index contributed by atoms with van der Waals surface area (Å²) in [5.41, 5.74) is 0. The zero-order valence-electron chi connectivity index (χ0n) is 11.2. The summed E-state index contributed by atoms with van der Waals surface area (Å²) in [5.74, 6) is 0. The predicted molar refractivity (Wildman–Crippen MR) is 69.8 cm³/mol. The van der Waals surface area contributed by atoms with E-state index in [1.54, 1.807) is 0 Å². The highest BCUT2D eigenvalue weighted by Crippen LogP contribution is 2.12. The molecule has 0 aromatic carbocycles. The summed E-state index contributed by atoms with van der Waals surface area (Å²) in [4.78, 5) is 2.58. The highest BCUT2D eigenvalue weighted by molar-refractivity contribution is 4.70. The van der Waals surface area contributed by atoms with E-state index in [9.17, 15) is 0 Å². The van der Waals surface area contributed by atoms with Gasteiger partial charge in [0.1, 0.15) is 0 Å². The lowest BCUT2D eigenvalue weighted by Crippen LogP contribution is -2.40. The Balaban J connectivity index is 1.94. The maximum Gasteiger partial charge on any atom is 0.0619 e. The fourth-order valence-corrected chi connectivity index (χ4v) is 2.35. The fourth-order valence-electron chi connectivity index (χ4n) is 2.35. The van der Waals surface area contributed by atoms with E-state index in [-0.39, 0.29) is 0 Å². The van der Waals surface area contributed by atoms with Crippen molar-refractivity contribution in [2.24, 2.45) is 0 Å². The Morgan fingerprint density at radius 1 is 1.06 bits per heavy atom. The Morgan fingerprint density at radius 3 is 2.50 bits per heavy atom. The molecule has 2 nitrogen and oxygen atoms in total. The van der Waals surface area contributed by atoms with Gasteiger partial charge in [-0.25, -0.2) is 0 Å². The highest BCUT2D eigenvalue weighted by atomic mass is 16.5. The Hall–Kier alpha value is -0.0800. The van der Waals surface area contributed by atoms with Gasteiger partial charge in [-0.15, -0.1) is 0 Å². The molecule has 2 heteroatoms. The third kappa shape index (κ3) is 5.86. The van der Waals surface area contributed by atoms with E-state index in [4.69, 9.17) is 4.74 Å². The van der Waals surface area contributed by atoms with Crippen LogP contribution in [0, 0.1) is 0 Å². The van der Waals surface area contributed by atoms with Crippen molar-refractivity contribution in [2.75, 3.05) is 26.3 Å². The van der Waals surface area contributed by atoms with Gasteiger partial charge in [-0.05, 0) is 39.3 Å². The fraction of sp³-hybridized carbons (Fsp3) is 1.00. The molecule has 0 radical (unpaired) electrons. The summed E-state index contributed by atoms with van der Waals surface area (Å²) < 4.78 is 5.75. The predicted octanol–water partition coefficient (Wildman–Crippen LogP) is 3.46. The van der Waals surface area contributed by atoms with E-state index < -0.39 is 0 Å². The smallest absolute Gasteiger partial charge is 0.0619 e. The van der Waals surface area contributed by atoms with Gasteiger partial charge >= 0.3 is 0 Å². The molecule has 1 aliphatic rings. The topological polar surface area (TPSA) is 12.5 Å². The van der Waals surface area contributed by atoms with Crippen LogP contribution in [0.5, 0.6) is 0 Å². The van der Waals surface area contributed by atoms with Crippen LogP contribution in [0.1, 0.15) is 58.8 Å². The van der Waals surface area contributed by atoms with Crippen molar-refractivity contribution in [3.63, 3.8) is 0 Å². The number of unbranched alkanes of at least 4 members (excludes halogenated alkanes) is 3. The molecule has 1 atom stereocenters. The van der Waals surface area contributed by atoms with Gasteiger partial charge in [0.25, 0.3) is 0 Å². The largest absolute Gasteiger partial charge is 0.380 e. The molecule has 0 saturated carbocycles. The SMILES string of the molecule is CCCCCCOCC(C)N1CCCCC1. The third-order valence-electron chi connectivity index (χ3n) is 3.52. The quantitative estimate of drug-likeness (QED) is 0.589. The molecule has 0 aromatic rings. The molecule has 1 saturated heterocycles. The molecule has 0 aliphatic carbocycles. The van der Waals surface area contributed by atoms with Crippen molar-refractivity contribution in [1.82, 2.24) is 4.90 Å². The molecular weight excluding hydrogens is 198 g/mol. The third-order valence-corrected chi connectivity index (χ3v) is 3.52. The molecule has 1 rings (SSSR count). The highest BCUT2D eigenvalue weighted by Gasteiger charge is 2.16. The van der Waals surface area contributed by atoms with Gasteiger partial charge in [-0.3, -0.25) is 4.90 Å². The van der Waals surface area contributed by atoms with Crippen molar-refractivity contribution in [2.45, 2.75) is 64.8 Å². The first-order chi connectivity index (χ1) is 7.84. The molecule has 16 heavy (non-hydrogen) atoms. The van der Waals surface area contributed by atoms with E-state index in [2.05, 4.69) is 18.7 Å². The summed E-state index contributed by atoms with van der Waals surface area (Å²) in [6, 6.07) is 0.617. The van der Waals surface area contributed by atoms with E-state index in [0.717, 1.165) is 13.2 Å². The first-order valence-corrected chi connectivity index (χ1v) is 7.16. The summed E-state index contributed by atoms with van der Waals surface area (Å²) in [5, 5.41) is 0. The number of ether oxygens (including phenoxy) is 1. The Labute approximate surface area is 101 Å². The zero-order valence-corrected chi connectivity index (χ0v) is 11.2. The van der Waals surface area contributed by atoms with E-state index in [1.807, 2.05) is 0 Å². The molecular formula is C14H29NO. The minimum absolute atomic E-state index is 0.617. The van der Waals surface area contributed by atoms with Gasteiger partial charge in [0.2, 0.25) is 0 Å². The van der Waals surface area contributed by atoms with Crippen molar-refractivity contribution >= 4 is 0 Å². The number of likely N-dealkylation sites (tertiary alicyclic amines) is 1. The van der Waals surface area contributed by atoms with Gasteiger partial charge in [0.15, 0.2) is 0 Å². The average molecular weight is 227 g/mol. The number of rotatable bonds is 8. The molecule has 96 valence electrons. The van der Waals surface area contributed by atoms with Crippen LogP contribution < -0.4 is 0 Å². The molecule has 0 spiro atoms. The van der Waals surface area contributed by atoms with Crippen molar-refractivity contribution in [3.05, 3.63) is 0 Å². The molecule has 1 aliphatic heterocycles. The second-order valence-electron chi connectivity index (χ2n) is 5.08. The first kappa shape index (κ1) is 14.0. The summed E-state index contributed by atoms with van der Waals surface area (Å²) in [6.45, 7) is 8.99. The van der Waals surface area contributed by atoms with Crippen LogP contribution >= 0.6 is 0 Å². The Bertz CT molecular complexity index is 155. The lowest BCUT2D eigenvalue weighted by molar-refractivity contribution is 0.0559. The molecule has 0 aromatic heterocycles. The van der Waals surface area contributed by atoms with Crippen LogP contribution in [0.25, 0.3) is 0 Å². The summed E-state index contributed by atoms with van der Waals surface area (Å²) in [6.07, 6.45) is 9.40. The standard InChI is InChI=1S/C14H29NO/c1-3-4-5-9-12-16-13-14(2)15-10-7-6-8-11-15/h14H,3-13H2,1-2H3. The minimum atomic E-state index is 0.617. The Kier molecular flexibility index (Phi) is 7.87. The van der Waals surface area contributed by atoms with E-state index >= 15 is 0 Å². The minimum Gasteiger partial charge on any atom is -0.380 e. The lowest BCUT2D eigenvalue weighted by Gasteiger charge is -2.32. The monoisotopic (exact) mass is 227 g/mol. The average Bonchev–Trinajstić information content (AvgIpc) is 2.34. The van der Waals surface area contributed by atoms with Gasteiger partial charge in [-0.2, -0.15) is 0 Å². The Morgan fingerprint density at radius 2 is 1.81 bits per heavy atom. The van der Waals surface area contributed by atoms with E-state index in [0.29, 0.717) is 6.04 Å². The molecule has 0 N–H and O–H groups in total. The molecule has 0 bridgehead atoms. The van der Waals surface area contributed by atoms with Crippen molar-refractivity contribution in [3.8, 4) is 0 Å². The van der Waals surface area contributed by atoms with Gasteiger partial charge in [0, 0.05) is 12.6 Å². The summed E-state index contributed by atoms with van der Waals surface area (Å²) in [7, 11) is 0. The maximum absolute atomic E-state index is 5.75. The second kappa shape index (κ2) is 9.00. The van der Waals surface area contributed by atoms with Gasteiger partial charge < -0.3 is 4.74 Å². The summed E-state index contributed by atoms with van der Waals surface area (Å²) >= 11 is 0. The van der Waals surface area contributed by atoms with Crippen LogP contribution in [0.4, 0.5) is 0 Å². The van der Waals surface area contributed by atoms with Crippen LogP contribution in [-0.2, 0) is 4.74 Å². The van der Waals surface area contributed by atoms with Crippen LogP contribution in [0.2, 0.25) is 0 Å². The number of hydrogen-bond donors (Lipinski definition) is 0. The molecule has 1 heterocycles. The zero-order chi connectivity index (χ0) is 11.6. The van der Waals surface area contributed by atoms with Gasteiger partial charge in [-0.1, -0.05) is 32.6 Å². The van der Waals surface area contributed by atoms with Crippen LogP contribution in [0.3, 0.4) is 0 Å². The van der Waals surface area contributed by atoms with Crippen molar-refractivity contribution in [1.29, 1.82) is 0 Å². The molecule has 1 fully saturated rings. The molecule has 0 amide bonds. The van der Waals surface area contributed by atoms with Crippen molar-refractivity contribution < 1.29 is 4.74 Å². The number of hydrogen-bond acceptors (Lipinski definition) is 2. The first-order valence-electron chi connectivity index (χ1n) is 7.16. The molecule has 1 unspecified atom stereocenters. The number of nitrogens with zero attached hydrogens (tertiary/aromatic N) is 1. The maximum atomic E-state index is 5.75. The van der Waals surface area contributed by atoms with Crippen LogP contribution in [-0.4, -0.2) is 37.2 Å². The number of piperidine rings is 1. The normalized spacial score (nSPS) is 19.9. The van der Waals surface area contributed by atoms with Gasteiger partial charge in [0.05, 0.1) is 6.61 Å².